The molecule has 0 radical (unpaired) electrons. The Hall–Kier alpha value is -2.49. The molecule has 0 saturated carbocycles. The fourth-order valence-corrected chi connectivity index (χ4v) is 4.43. The molecule has 7 nitrogen and oxygen atoms in total. The zero-order chi connectivity index (χ0) is 23.1. The van der Waals surface area contributed by atoms with Crippen molar-refractivity contribution < 1.29 is 18.8 Å². The normalized spacial score (nSPS) is 14.7. The van der Waals surface area contributed by atoms with Gasteiger partial charge in [-0.05, 0) is 61.7 Å². The van der Waals surface area contributed by atoms with Gasteiger partial charge in [-0.2, -0.15) is 0 Å². The number of nitrogens with zero attached hydrogens (tertiary/aromatic N) is 1. The second kappa shape index (κ2) is 11.4. The van der Waals surface area contributed by atoms with Gasteiger partial charge in [0.25, 0.3) is 11.8 Å². The van der Waals surface area contributed by atoms with E-state index >= 15 is 0 Å². The number of likely N-dealkylation sites (N-methyl/N-ethyl adjacent to an activating group) is 1. The summed E-state index contributed by atoms with van der Waals surface area (Å²) in [6.45, 7) is 0.842. The Labute approximate surface area is 195 Å². The van der Waals surface area contributed by atoms with E-state index in [4.69, 9.17) is 11.6 Å². The summed E-state index contributed by atoms with van der Waals surface area (Å²) in [4.78, 5) is 39.4. The van der Waals surface area contributed by atoms with Crippen LogP contribution in [-0.4, -0.2) is 62.0 Å². The summed E-state index contributed by atoms with van der Waals surface area (Å²) in [5.74, 6) is -1.62. The minimum absolute atomic E-state index is 0.0445. The first kappa shape index (κ1) is 24.2. The van der Waals surface area contributed by atoms with E-state index in [1.807, 2.05) is 18.2 Å². The van der Waals surface area contributed by atoms with Gasteiger partial charge in [-0.15, -0.1) is 11.3 Å². The SMILES string of the molecule is CN1CCc2ccc(NC(=O)[C@@H](CCNC(=O)CF)NC(=O)c3ccc(Cl)s3)cc2CC1. The number of benzene rings is 1. The molecule has 3 rings (SSSR count). The predicted octanol–water partition coefficient (Wildman–Crippen LogP) is 2.64. The summed E-state index contributed by atoms with van der Waals surface area (Å²) in [5.41, 5.74) is 3.10. The Balaban J connectivity index is 1.69. The Morgan fingerprint density at radius 3 is 2.59 bits per heavy atom. The van der Waals surface area contributed by atoms with Gasteiger partial charge < -0.3 is 20.9 Å². The Morgan fingerprint density at radius 1 is 1.16 bits per heavy atom. The highest BCUT2D eigenvalue weighted by Gasteiger charge is 2.23. The van der Waals surface area contributed by atoms with Gasteiger partial charge in [-0.3, -0.25) is 14.4 Å². The van der Waals surface area contributed by atoms with Crippen LogP contribution in [0.3, 0.4) is 0 Å². The Kier molecular flexibility index (Phi) is 8.60. The van der Waals surface area contributed by atoms with Crippen LogP contribution in [0, 0.1) is 0 Å². The van der Waals surface area contributed by atoms with Gasteiger partial charge in [0.2, 0.25) is 5.91 Å². The molecule has 0 saturated heterocycles. The number of halogens is 2. The van der Waals surface area contributed by atoms with Crippen LogP contribution in [0.25, 0.3) is 0 Å². The summed E-state index contributed by atoms with van der Waals surface area (Å²) < 4.78 is 12.9. The maximum absolute atomic E-state index is 13.0. The van der Waals surface area contributed by atoms with E-state index in [1.165, 1.54) is 11.1 Å². The molecule has 1 aromatic heterocycles. The molecule has 0 aliphatic carbocycles. The summed E-state index contributed by atoms with van der Waals surface area (Å²) in [5, 5.41) is 7.93. The van der Waals surface area contributed by atoms with Gasteiger partial charge in [-0.25, -0.2) is 4.39 Å². The van der Waals surface area contributed by atoms with E-state index < -0.39 is 30.4 Å². The fourth-order valence-electron chi connectivity index (χ4n) is 3.48. The van der Waals surface area contributed by atoms with Crippen molar-refractivity contribution in [1.82, 2.24) is 15.5 Å². The van der Waals surface area contributed by atoms with Crippen LogP contribution < -0.4 is 16.0 Å². The van der Waals surface area contributed by atoms with Crippen LogP contribution in [0.1, 0.15) is 27.2 Å². The number of fused-ring (bicyclic) bond motifs is 1. The van der Waals surface area contributed by atoms with Crippen LogP contribution in [0.2, 0.25) is 4.34 Å². The van der Waals surface area contributed by atoms with Crippen molar-refractivity contribution in [2.75, 3.05) is 38.7 Å². The average Bonchev–Trinajstić information content (AvgIpc) is 3.13. The van der Waals surface area contributed by atoms with Gasteiger partial charge in [0.05, 0.1) is 9.21 Å². The van der Waals surface area contributed by atoms with Crippen LogP contribution in [0.5, 0.6) is 0 Å². The molecule has 0 unspecified atom stereocenters. The second-order valence-electron chi connectivity index (χ2n) is 7.68. The predicted molar refractivity (Wildman–Crippen MR) is 124 cm³/mol. The van der Waals surface area contributed by atoms with E-state index in [0.29, 0.717) is 14.9 Å². The summed E-state index contributed by atoms with van der Waals surface area (Å²) in [7, 11) is 2.09. The van der Waals surface area contributed by atoms with E-state index in [-0.39, 0.29) is 13.0 Å². The minimum atomic E-state index is -1.14. The Morgan fingerprint density at radius 2 is 1.91 bits per heavy atom. The highest BCUT2D eigenvalue weighted by atomic mass is 35.5. The molecule has 2 aromatic rings. The van der Waals surface area contributed by atoms with E-state index in [9.17, 15) is 18.8 Å². The van der Waals surface area contributed by atoms with Crippen molar-refractivity contribution in [3.05, 3.63) is 50.7 Å². The number of nitrogens with one attached hydrogen (secondary N) is 3. The number of carbonyl (C=O) groups excluding carboxylic acids is 3. The van der Waals surface area contributed by atoms with Crippen LogP contribution in [0.4, 0.5) is 10.1 Å². The molecular weight excluding hydrogens is 455 g/mol. The number of carbonyl (C=O) groups is 3. The number of anilines is 1. The second-order valence-corrected chi connectivity index (χ2v) is 9.39. The first-order chi connectivity index (χ1) is 15.4. The van der Waals surface area contributed by atoms with Crippen molar-refractivity contribution in [2.45, 2.75) is 25.3 Å². The monoisotopic (exact) mass is 480 g/mol. The molecule has 32 heavy (non-hydrogen) atoms. The third-order valence-corrected chi connectivity index (χ3v) is 6.52. The number of thiophene rings is 1. The third-order valence-electron chi connectivity index (χ3n) is 5.29. The largest absolute Gasteiger partial charge is 0.354 e. The third kappa shape index (κ3) is 6.75. The first-order valence-corrected chi connectivity index (χ1v) is 11.5. The van der Waals surface area contributed by atoms with E-state index in [2.05, 4.69) is 27.9 Å². The zero-order valence-electron chi connectivity index (χ0n) is 17.7. The topological polar surface area (TPSA) is 90.5 Å². The molecular formula is C22H26ClFN4O3S. The quantitative estimate of drug-likeness (QED) is 0.541. The van der Waals surface area contributed by atoms with Crippen molar-refractivity contribution >= 4 is 46.3 Å². The van der Waals surface area contributed by atoms with Gasteiger partial charge in [0, 0.05) is 25.3 Å². The van der Waals surface area contributed by atoms with Crippen molar-refractivity contribution in [2.24, 2.45) is 0 Å². The van der Waals surface area contributed by atoms with Crippen molar-refractivity contribution in [3.8, 4) is 0 Å². The lowest BCUT2D eigenvalue weighted by Gasteiger charge is -2.19. The van der Waals surface area contributed by atoms with Gasteiger partial charge in [0.1, 0.15) is 6.04 Å². The summed E-state index contributed by atoms with van der Waals surface area (Å²) >= 11 is 7.00. The lowest BCUT2D eigenvalue weighted by atomic mass is 10.0. The fraction of sp³-hybridized carbons (Fsp3) is 0.409. The van der Waals surface area contributed by atoms with Gasteiger partial charge in [-0.1, -0.05) is 17.7 Å². The van der Waals surface area contributed by atoms with Crippen LogP contribution in [0.15, 0.2) is 30.3 Å². The smallest absolute Gasteiger partial charge is 0.262 e. The van der Waals surface area contributed by atoms with Crippen LogP contribution >= 0.6 is 22.9 Å². The number of hydrogen-bond acceptors (Lipinski definition) is 5. The highest BCUT2D eigenvalue weighted by molar-refractivity contribution is 7.18. The molecule has 1 atom stereocenters. The Bertz CT molecular complexity index is 984. The number of amides is 3. The zero-order valence-corrected chi connectivity index (χ0v) is 19.3. The van der Waals surface area contributed by atoms with Gasteiger partial charge in [0.15, 0.2) is 6.67 Å². The molecule has 1 aliphatic heterocycles. The first-order valence-electron chi connectivity index (χ1n) is 10.4. The number of rotatable bonds is 8. The average molecular weight is 481 g/mol. The molecule has 1 aromatic carbocycles. The standard InChI is InChI=1S/C22H26ClFN4O3S/c1-28-10-7-14-2-3-16(12-15(14)8-11-28)26-21(30)17(6-9-25-20(29)13-24)27-22(31)18-4-5-19(23)32-18/h2-5,12,17H,6-11,13H2,1H3,(H,25,29)(H,26,30)(H,27,31)/t17-/m1/s1. The molecule has 3 amide bonds. The highest BCUT2D eigenvalue weighted by Crippen LogP contribution is 2.22. The number of alkyl halides is 1. The van der Waals surface area contributed by atoms with Gasteiger partial charge >= 0.3 is 0 Å². The molecule has 3 N–H and O–H groups in total. The molecule has 0 fully saturated rings. The molecule has 172 valence electrons. The lowest BCUT2D eigenvalue weighted by Crippen LogP contribution is -2.45. The lowest BCUT2D eigenvalue weighted by molar-refractivity contribution is -0.122. The molecule has 1 aliphatic rings. The van der Waals surface area contributed by atoms with Crippen molar-refractivity contribution in [3.63, 3.8) is 0 Å². The number of hydrogen-bond donors (Lipinski definition) is 3. The molecule has 10 heteroatoms. The van der Waals surface area contributed by atoms with E-state index in [0.717, 1.165) is 37.3 Å². The maximum Gasteiger partial charge on any atom is 0.262 e. The summed E-state index contributed by atoms with van der Waals surface area (Å²) in [6, 6.07) is 8.09. The van der Waals surface area contributed by atoms with Crippen molar-refractivity contribution in [1.29, 1.82) is 0 Å². The maximum atomic E-state index is 13.0. The molecule has 0 bridgehead atoms. The molecule has 0 spiro atoms. The van der Waals surface area contributed by atoms with Crippen LogP contribution in [-0.2, 0) is 22.4 Å². The molecule has 2 heterocycles. The summed E-state index contributed by atoms with van der Waals surface area (Å²) in [6.07, 6.45) is 1.96. The van der Waals surface area contributed by atoms with E-state index in [1.54, 1.807) is 12.1 Å². The minimum Gasteiger partial charge on any atom is -0.354 e.